The third-order valence-corrected chi connectivity index (χ3v) is 5.17. The van der Waals surface area contributed by atoms with Crippen molar-refractivity contribution in [1.82, 2.24) is 0 Å². The van der Waals surface area contributed by atoms with Crippen LogP contribution >= 0.6 is 0 Å². The maximum atomic E-state index is 12.8. The second-order valence-corrected chi connectivity index (χ2v) is 7.24. The normalized spacial score (nSPS) is 12.1. The summed E-state index contributed by atoms with van der Waals surface area (Å²) in [5, 5.41) is 25.1. The average molecular weight is 427 g/mol. The Labute approximate surface area is 184 Å². The number of aromatic hydroxyl groups is 1. The van der Waals surface area contributed by atoms with E-state index in [1.807, 2.05) is 48.5 Å². The molecule has 0 saturated heterocycles. The monoisotopic (exact) mass is 427 g/mol. The molecule has 0 fully saturated rings. The Kier molecular flexibility index (Phi) is 6.03. The summed E-state index contributed by atoms with van der Waals surface area (Å²) in [6.45, 7) is 0. The van der Waals surface area contributed by atoms with Gasteiger partial charge in [0.05, 0.1) is 5.69 Å². The fraction of sp³-hybridized carbons (Fsp3) is 0.0769. The highest BCUT2D eigenvalue weighted by atomic mass is 16.6. The van der Waals surface area contributed by atoms with Crippen LogP contribution in [-0.2, 0) is 9.53 Å². The maximum Gasteiger partial charge on any atom is 0.412 e. The predicted molar refractivity (Wildman–Crippen MR) is 124 cm³/mol. The van der Waals surface area contributed by atoms with Crippen LogP contribution in [-0.4, -0.2) is 22.3 Å². The summed E-state index contributed by atoms with van der Waals surface area (Å²) < 4.78 is 5.74. The topological polar surface area (TPSA) is 95.9 Å². The standard InChI is InChI=1S/C26H21NO5/c28-23-16-15-21(19-10-3-4-11-20(19)23)24(13-6-14-25(29)30)32-26(31)27-22-12-5-8-17-7-1-2-9-18(17)22/h1-12,14-16,24,28H,13H2,(H,27,31)(H,29,30)/b14-6+/t24-/m1/s1. The number of anilines is 1. The van der Waals surface area contributed by atoms with Crippen LogP contribution in [0.5, 0.6) is 5.75 Å². The Balaban J connectivity index is 1.65. The Morgan fingerprint density at radius 1 is 0.875 bits per heavy atom. The molecular weight excluding hydrogens is 406 g/mol. The zero-order valence-corrected chi connectivity index (χ0v) is 17.1. The molecule has 0 saturated carbocycles. The van der Waals surface area contributed by atoms with Gasteiger partial charge in [0.15, 0.2) is 0 Å². The van der Waals surface area contributed by atoms with Gasteiger partial charge < -0.3 is 14.9 Å². The van der Waals surface area contributed by atoms with Crippen LogP contribution in [0.1, 0.15) is 18.1 Å². The number of aliphatic carboxylic acids is 1. The fourth-order valence-corrected chi connectivity index (χ4v) is 3.72. The van der Waals surface area contributed by atoms with Crippen LogP contribution in [0, 0.1) is 0 Å². The lowest BCUT2D eigenvalue weighted by atomic mass is 9.97. The number of benzene rings is 4. The van der Waals surface area contributed by atoms with E-state index in [1.165, 1.54) is 12.1 Å². The highest BCUT2D eigenvalue weighted by Gasteiger charge is 2.20. The smallest absolute Gasteiger partial charge is 0.412 e. The molecule has 0 bridgehead atoms. The first kappa shape index (κ1) is 20.9. The van der Waals surface area contributed by atoms with Crippen molar-refractivity contribution in [3.05, 3.63) is 96.6 Å². The molecule has 6 heteroatoms. The Hall–Kier alpha value is -4.32. The first-order chi connectivity index (χ1) is 15.5. The van der Waals surface area contributed by atoms with E-state index in [1.54, 1.807) is 24.3 Å². The van der Waals surface area contributed by atoms with Gasteiger partial charge in [0, 0.05) is 28.8 Å². The molecule has 0 radical (unpaired) electrons. The second-order valence-electron chi connectivity index (χ2n) is 7.24. The number of rotatable bonds is 6. The van der Waals surface area contributed by atoms with E-state index in [4.69, 9.17) is 9.84 Å². The lowest BCUT2D eigenvalue weighted by Gasteiger charge is -2.20. The van der Waals surface area contributed by atoms with E-state index in [9.17, 15) is 14.7 Å². The largest absolute Gasteiger partial charge is 0.507 e. The highest BCUT2D eigenvalue weighted by molar-refractivity contribution is 6.00. The molecule has 0 aliphatic rings. The first-order valence-corrected chi connectivity index (χ1v) is 10.1. The Morgan fingerprint density at radius 3 is 2.34 bits per heavy atom. The fourth-order valence-electron chi connectivity index (χ4n) is 3.72. The molecule has 4 aromatic rings. The van der Waals surface area contributed by atoms with Gasteiger partial charge in [-0.05, 0) is 22.9 Å². The van der Waals surface area contributed by atoms with Crippen molar-refractivity contribution in [3.8, 4) is 5.75 Å². The number of carbonyl (C=O) groups excluding carboxylic acids is 1. The van der Waals surface area contributed by atoms with Gasteiger partial charge in [0.1, 0.15) is 11.9 Å². The van der Waals surface area contributed by atoms with Gasteiger partial charge in [0.25, 0.3) is 0 Å². The summed E-state index contributed by atoms with van der Waals surface area (Å²) in [5.41, 5.74) is 1.28. The van der Waals surface area contributed by atoms with E-state index in [0.717, 1.165) is 22.2 Å². The van der Waals surface area contributed by atoms with Gasteiger partial charge in [0.2, 0.25) is 0 Å². The number of nitrogens with one attached hydrogen (secondary N) is 1. The van der Waals surface area contributed by atoms with E-state index in [0.29, 0.717) is 16.6 Å². The van der Waals surface area contributed by atoms with Crippen molar-refractivity contribution in [2.75, 3.05) is 5.32 Å². The van der Waals surface area contributed by atoms with Crippen LogP contribution in [0.15, 0.2) is 91.0 Å². The zero-order chi connectivity index (χ0) is 22.5. The molecule has 160 valence electrons. The molecule has 32 heavy (non-hydrogen) atoms. The van der Waals surface area contributed by atoms with E-state index >= 15 is 0 Å². The SMILES string of the molecule is O=C(O)/C=C/C[C@@H](OC(=O)Nc1cccc2ccccc12)c1ccc(O)c2ccccc12. The molecule has 0 unspecified atom stereocenters. The van der Waals surface area contributed by atoms with Gasteiger partial charge in [-0.2, -0.15) is 0 Å². The molecule has 4 rings (SSSR count). The third kappa shape index (κ3) is 4.54. The van der Waals surface area contributed by atoms with Crippen molar-refractivity contribution in [2.24, 2.45) is 0 Å². The molecule has 0 aliphatic carbocycles. The van der Waals surface area contributed by atoms with Crippen molar-refractivity contribution in [2.45, 2.75) is 12.5 Å². The Bertz CT molecular complexity index is 1320. The summed E-state index contributed by atoms with van der Waals surface area (Å²) in [5.74, 6) is -0.969. The highest BCUT2D eigenvalue weighted by Crippen LogP contribution is 2.34. The summed E-state index contributed by atoms with van der Waals surface area (Å²) in [6.07, 6.45) is 1.20. The van der Waals surface area contributed by atoms with Crippen LogP contribution in [0.25, 0.3) is 21.5 Å². The van der Waals surface area contributed by atoms with Crippen molar-refractivity contribution in [3.63, 3.8) is 0 Å². The lowest BCUT2D eigenvalue weighted by molar-refractivity contribution is -0.131. The minimum absolute atomic E-state index is 0.115. The number of ether oxygens (including phenoxy) is 1. The number of fused-ring (bicyclic) bond motifs is 2. The molecule has 0 heterocycles. The zero-order valence-electron chi connectivity index (χ0n) is 17.1. The minimum Gasteiger partial charge on any atom is -0.507 e. The number of hydrogen-bond acceptors (Lipinski definition) is 4. The molecule has 4 aromatic carbocycles. The maximum absolute atomic E-state index is 12.8. The number of carbonyl (C=O) groups is 2. The number of phenolic OH excluding ortho intramolecular Hbond substituents is 1. The molecule has 3 N–H and O–H groups in total. The van der Waals surface area contributed by atoms with E-state index in [2.05, 4.69) is 5.32 Å². The number of hydrogen-bond donors (Lipinski definition) is 3. The van der Waals surface area contributed by atoms with Gasteiger partial charge in [-0.3, -0.25) is 5.32 Å². The summed E-state index contributed by atoms with van der Waals surface area (Å²) in [4.78, 5) is 23.7. The molecule has 1 atom stereocenters. The predicted octanol–water partition coefficient (Wildman–Crippen LogP) is 6.02. The number of amides is 1. The van der Waals surface area contributed by atoms with E-state index in [-0.39, 0.29) is 12.2 Å². The molecule has 0 aromatic heterocycles. The van der Waals surface area contributed by atoms with Crippen molar-refractivity contribution >= 4 is 39.3 Å². The molecule has 1 amide bonds. The van der Waals surface area contributed by atoms with Gasteiger partial charge >= 0.3 is 12.1 Å². The first-order valence-electron chi connectivity index (χ1n) is 10.1. The molecule has 0 aliphatic heterocycles. The van der Waals surface area contributed by atoms with Crippen LogP contribution in [0.4, 0.5) is 10.5 Å². The van der Waals surface area contributed by atoms with Crippen LogP contribution < -0.4 is 5.32 Å². The summed E-state index contributed by atoms with van der Waals surface area (Å²) in [6, 6.07) is 23.7. The summed E-state index contributed by atoms with van der Waals surface area (Å²) in [7, 11) is 0. The van der Waals surface area contributed by atoms with E-state index < -0.39 is 18.2 Å². The van der Waals surface area contributed by atoms with Gasteiger partial charge in [-0.25, -0.2) is 9.59 Å². The van der Waals surface area contributed by atoms with Gasteiger partial charge in [-0.1, -0.05) is 72.8 Å². The molecular formula is C26H21NO5. The number of carboxylic acid groups (broad SMARTS) is 1. The molecule has 6 nitrogen and oxygen atoms in total. The lowest BCUT2D eigenvalue weighted by Crippen LogP contribution is -2.18. The third-order valence-electron chi connectivity index (χ3n) is 5.17. The molecule has 0 spiro atoms. The van der Waals surface area contributed by atoms with Crippen molar-refractivity contribution < 1.29 is 24.5 Å². The Morgan fingerprint density at radius 2 is 1.56 bits per heavy atom. The van der Waals surface area contributed by atoms with Gasteiger partial charge in [-0.15, -0.1) is 0 Å². The number of phenols is 1. The van der Waals surface area contributed by atoms with Crippen LogP contribution in [0.3, 0.4) is 0 Å². The summed E-state index contributed by atoms with van der Waals surface area (Å²) >= 11 is 0. The second kappa shape index (κ2) is 9.22. The van der Waals surface area contributed by atoms with Crippen molar-refractivity contribution in [1.29, 1.82) is 0 Å². The minimum atomic E-state index is -1.08. The average Bonchev–Trinajstić information content (AvgIpc) is 2.79. The van der Waals surface area contributed by atoms with Crippen LogP contribution in [0.2, 0.25) is 0 Å². The quantitative estimate of drug-likeness (QED) is 0.327. The number of carboxylic acids is 1.